The predicted molar refractivity (Wildman–Crippen MR) is 125 cm³/mol. The number of anilines is 1. The molecule has 9 nitrogen and oxygen atoms in total. The van der Waals surface area contributed by atoms with Crippen LogP contribution in [0.1, 0.15) is 22.7 Å². The molecule has 0 aliphatic carbocycles. The molecule has 1 N–H and O–H groups in total. The maximum atomic E-state index is 12.7. The van der Waals surface area contributed by atoms with E-state index < -0.39 is 0 Å². The molecule has 0 spiro atoms. The van der Waals surface area contributed by atoms with E-state index >= 15 is 0 Å². The molecule has 3 aromatic rings. The normalized spacial score (nSPS) is 14.7. The van der Waals surface area contributed by atoms with Gasteiger partial charge in [-0.1, -0.05) is 23.4 Å². The van der Waals surface area contributed by atoms with Crippen LogP contribution in [0.25, 0.3) is 11.8 Å². The monoisotopic (exact) mass is 448 g/mol. The predicted octanol–water partition coefficient (Wildman–Crippen LogP) is 2.58. The minimum Gasteiger partial charge on any atom is -0.360 e. The second-order valence-electron chi connectivity index (χ2n) is 8.14. The fourth-order valence-corrected chi connectivity index (χ4v) is 3.91. The Kier molecular flexibility index (Phi) is 6.69. The Labute approximate surface area is 192 Å². The first kappa shape index (κ1) is 22.5. The highest BCUT2D eigenvalue weighted by Gasteiger charge is 2.22. The summed E-state index contributed by atoms with van der Waals surface area (Å²) in [6, 6.07) is 11.6. The summed E-state index contributed by atoms with van der Waals surface area (Å²) in [5, 5.41) is 11.1. The molecule has 0 atom stereocenters. The van der Waals surface area contributed by atoms with Crippen LogP contribution in [0.3, 0.4) is 0 Å². The highest BCUT2D eigenvalue weighted by atomic mass is 16.5. The zero-order valence-electron chi connectivity index (χ0n) is 19.1. The van der Waals surface area contributed by atoms with Crippen molar-refractivity contribution >= 4 is 23.7 Å². The van der Waals surface area contributed by atoms with Gasteiger partial charge in [-0.15, -0.1) is 0 Å². The molecule has 4 rings (SSSR count). The average molecular weight is 449 g/mol. The van der Waals surface area contributed by atoms with Gasteiger partial charge in [0.1, 0.15) is 5.76 Å². The second kappa shape index (κ2) is 9.83. The number of carbonyl (C=O) groups excluding carboxylic acids is 2. The summed E-state index contributed by atoms with van der Waals surface area (Å²) in [5.41, 5.74) is 3.80. The van der Waals surface area contributed by atoms with Crippen molar-refractivity contribution in [2.45, 2.75) is 20.8 Å². The first-order valence-corrected chi connectivity index (χ1v) is 10.9. The van der Waals surface area contributed by atoms with Gasteiger partial charge in [0.15, 0.2) is 5.82 Å². The Morgan fingerprint density at radius 3 is 2.48 bits per heavy atom. The minimum absolute atomic E-state index is 0.0385. The molecule has 1 fully saturated rings. The zero-order chi connectivity index (χ0) is 23.4. The second-order valence-corrected chi connectivity index (χ2v) is 8.14. The Morgan fingerprint density at radius 1 is 1.09 bits per heavy atom. The summed E-state index contributed by atoms with van der Waals surface area (Å²) in [4.78, 5) is 28.8. The Bertz CT molecular complexity index is 1160. The number of aromatic nitrogens is 3. The molecule has 0 saturated carbocycles. The van der Waals surface area contributed by atoms with Gasteiger partial charge in [-0.2, -0.15) is 5.10 Å². The van der Waals surface area contributed by atoms with Crippen LogP contribution in [0.15, 0.2) is 47.0 Å². The molecule has 2 amide bonds. The van der Waals surface area contributed by atoms with Crippen LogP contribution in [0.5, 0.6) is 0 Å². The van der Waals surface area contributed by atoms with Crippen molar-refractivity contribution in [2.24, 2.45) is 0 Å². The van der Waals surface area contributed by atoms with Crippen molar-refractivity contribution in [1.29, 1.82) is 0 Å². The Hall–Kier alpha value is -3.72. The number of hydrogen-bond acceptors (Lipinski definition) is 6. The first-order chi connectivity index (χ1) is 15.9. The lowest BCUT2D eigenvalue weighted by molar-refractivity contribution is -0.127. The molecule has 1 saturated heterocycles. The number of amides is 2. The summed E-state index contributed by atoms with van der Waals surface area (Å²) >= 11 is 0. The van der Waals surface area contributed by atoms with Gasteiger partial charge in [-0.05, 0) is 39.0 Å². The molecule has 9 heteroatoms. The number of para-hydroxylation sites is 1. The molecule has 1 aliphatic rings. The van der Waals surface area contributed by atoms with Gasteiger partial charge in [-0.25, -0.2) is 4.68 Å². The van der Waals surface area contributed by atoms with Gasteiger partial charge >= 0.3 is 0 Å². The van der Waals surface area contributed by atoms with Crippen LogP contribution >= 0.6 is 0 Å². The number of aryl methyl sites for hydroxylation is 2. The standard InChI is InChI=1S/C24H28N6O3/c1-17-15-22(27-33-17)25-23(31)16-28-11-13-29(14-12-28)24(32)10-9-21-18(2)26-30(19(21)3)20-7-5-4-6-8-20/h4-10,15H,11-14,16H2,1-3H3,(H,25,27,31)/b10-9+. The summed E-state index contributed by atoms with van der Waals surface area (Å²) in [5.74, 6) is 0.869. The number of nitrogens with zero attached hydrogens (tertiary/aromatic N) is 5. The average Bonchev–Trinajstić information content (AvgIpc) is 3.34. The summed E-state index contributed by atoms with van der Waals surface area (Å²) in [7, 11) is 0. The Morgan fingerprint density at radius 2 is 1.82 bits per heavy atom. The van der Waals surface area contributed by atoms with Gasteiger partial charge in [0.05, 0.1) is 17.9 Å². The molecule has 0 radical (unpaired) electrons. The number of rotatable bonds is 6. The maximum absolute atomic E-state index is 12.7. The largest absolute Gasteiger partial charge is 0.360 e. The highest BCUT2D eigenvalue weighted by molar-refractivity contribution is 5.92. The van der Waals surface area contributed by atoms with Gasteiger partial charge in [0, 0.05) is 49.6 Å². The fourth-order valence-electron chi connectivity index (χ4n) is 3.91. The fraction of sp³-hybridized carbons (Fsp3) is 0.333. The van der Waals surface area contributed by atoms with E-state index in [4.69, 9.17) is 4.52 Å². The van der Waals surface area contributed by atoms with Crippen molar-refractivity contribution < 1.29 is 14.1 Å². The lowest BCUT2D eigenvalue weighted by Gasteiger charge is -2.33. The van der Waals surface area contributed by atoms with E-state index in [0.29, 0.717) is 37.8 Å². The molecule has 1 aromatic carbocycles. The Balaban J connectivity index is 1.30. The third kappa shape index (κ3) is 5.38. The van der Waals surface area contributed by atoms with Crippen LogP contribution in [-0.4, -0.2) is 69.3 Å². The van der Waals surface area contributed by atoms with Crippen molar-refractivity contribution in [3.05, 3.63) is 65.2 Å². The molecule has 0 unspecified atom stereocenters. The van der Waals surface area contributed by atoms with Crippen LogP contribution in [0, 0.1) is 20.8 Å². The maximum Gasteiger partial charge on any atom is 0.246 e. The lowest BCUT2D eigenvalue weighted by Crippen LogP contribution is -2.50. The first-order valence-electron chi connectivity index (χ1n) is 10.9. The minimum atomic E-state index is -0.149. The zero-order valence-corrected chi connectivity index (χ0v) is 19.1. The van der Waals surface area contributed by atoms with Crippen molar-refractivity contribution in [2.75, 3.05) is 38.0 Å². The highest BCUT2D eigenvalue weighted by Crippen LogP contribution is 2.19. The van der Waals surface area contributed by atoms with E-state index in [1.54, 1.807) is 24.0 Å². The van der Waals surface area contributed by atoms with Crippen LogP contribution in [-0.2, 0) is 9.59 Å². The number of piperazine rings is 1. The van der Waals surface area contributed by atoms with Crippen LogP contribution < -0.4 is 5.32 Å². The summed E-state index contributed by atoms with van der Waals surface area (Å²) in [6.07, 6.45) is 3.46. The number of carbonyl (C=O) groups is 2. The summed E-state index contributed by atoms with van der Waals surface area (Å²) in [6.45, 7) is 8.37. The number of nitrogens with one attached hydrogen (secondary N) is 1. The quantitative estimate of drug-likeness (QED) is 0.583. The molecular weight excluding hydrogens is 420 g/mol. The summed E-state index contributed by atoms with van der Waals surface area (Å²) < 4.78 is 6.85. The molecular formula is C24H28N6O3. The molecule has 0 bridgehead atoms. The SMILES string of the molecule is Cc1cc(NC(=O)CN2CCN(C(=O)/C=C/c3c(C)nn(-c4ccccc4)c3C)CC2)no1. The third-order valence-corrected chi connectivity index (χ3v) is 5.69. The van der Waals surface area contributed by atoms with Crippen molar-refractivity contribution in [1.82, 2.24) is 24.7 Å². The van der Waals surface area contributed by atoms with Crippen LogP contribution in [0.4, 0.5) is 5.82 Å². The van der Waals surface area contributed by atoms with E-state index in [2.05, 4.69) is 15.6 Å². The number of benzene rings is 1. The molecule has 2 aromatic heterocycles. The lowest BCUT2D eigenvalue weighted by atomic mass is 10.1. The molecule has 1 aliphatic heterocycles. The smallest absolute Gasteiger partial charge is 0.246 e. The van der Waals surface area contributed by atoms with Gasteiger partial charge in [0.2, 0.25) is 11.8 Å². The van der Waals surface area contributed by atoms with E-state index in [0.717, 1.165) is 22.6 Å². The molecule has 172 valence electrons. The van der Waals surface area contributed by atoms with Crippen LogP contribution in [0.2, 0.25) is 0 Å². The number of hydrogen-bond donors (Lipinski definition) is 1. The van der Waals surface area contributed by atoms with Gasteiger partial charge in [0.25, 0.3) is 0 Å². The van der Waals surface area contributed by atoms with Gasteiger partial charge < -0.3 is 14.7 Å². The van der Waals surface area contributed by atoms with E-state index in [1.807, 2.05) is 59.8 Å². The van der Waals surface area contributed by atoms with E-state index in [-0.39, 0.29) is 18.4 Å². The van der Waals surface area contributed by atoms with Crippen molar-refractivity contribution in [3.8, 4) is 5.69 Å². The van der Waals surface area contributed by atoms with E-state index in [1.165, 1.54) is 0 Å². The van der Waals surface area contributed by atoms with Crippen molar-refractivity contribution in [3.63, 3.8) is 0 Å². The van der Waals surface area contributed by atoms with E-state index in [9.17, 15) is 9.59 Å². The topological polar surface area (TPSA) is 96.5 Å². The molecule has 3 heterocycles. The van der Waals surface area contributed by atoms with Gasteiger partial charge in [-0.3, -0.25) is 14.5 Å². The third-order valence-electron chi connectivity index (χ3n) is 5.69. The molecule has 33 heavy (non-hydrogen) atoms.